The number of nitrogens with zero attached hydrogens (tertiary/aromatic N) is 3. The highest BCUT2D eigenvalue weighted by Crippen LogP contribution is 2.30. The molecule has 31 heavy (non-hydrogen) atoms. The van der Waals surface area contributed by atoms with Gasteiger partial charge in [0.1, 0.15) is 11.5 Å². The molecule has 1 atom stereocenters. The fourth-order valence-corrected chi connectivity index (χ4v) is 4.04. The Morgan fingerprint density at radius 2 is 1.97 bits per heavy atom. The molecule has 10 heteroatoms. The van der Waals surface area contributed by atoms with Crippen molar-refractivity contribution in [3.05, 3.63) is 58.3 Å². The van der Waals surface area contributed by atoms with Crippen LogP contribution in [0.15, 0.2) is 47.6 Å². The molecule has 3 rings (SSSR count). The first-order valence-corrected chi connectivity index (χ1v) is 11.3. The number of aromatic nitrogens is 3. The van der Waals surface area contributed by atoms with Gasteiger partial charge in [-0.1, -0.05) is 47.1 Å². The van der Waals surface area contributed by atoms with Crippen LogP contribution in [0, 0.1) is 0 Å². The lowest BCUT2D eigenvalue weighted by Gasteiger charge is -2.16. The van der Waals surface area contributed by atoms with Crippen LogP contribution < -0.4 is 14.8 Å². The molecular weight excluding hydrogens is 459 g/mol. The number of methoxy groups -OCH3 is 1. The van der Waals surface area contributed by atoms with Crippen LogP contribution in [-0.2, 0) is 11.3 Å². The molecule has 1 N–H and O–H groups in total. The molecule has 1 heterocycles. The van der Waals surface area contributed by atoms with E-state index >= 15 is 0 Å². The topological polar surface area (TPSA) is 78.3 Å². The summed E-state index contributed by atoms with van der Waals surface area (Å²) < 4.78 is 13.1. The normalized spacial score (nSPS) is 11.8. The number of nitrogens with one attached hydrogen (secondary N) is 1. The van der Waals surface area contributed by atoms with Crippen LogP contribution in [0.1, 0.15) is 25.8 Å². The molecule has 0 saturated carbocycles. The van der Waals surface area contributed by atoms with Crippen LogP contribution in [-0.4, -0.2) is 33.5 Å². The van der Waals surface area contributed by atoms with E-state index in [0.29, 0.717) is 44.8 Å². The first-order valence-electron chi connectivity index (χ1n) is 9.53. The molecule has 0 spiro atoms. The van der Waals surface area contributed by atoms with Gasteiger partial charge in [0.05, 0.1) is 23.6 Å². The van der Waals surface area contributed by atoms with E-state index < -0.39 is 0 Å². The predicted octanol–water partition coefficient (Wildman–Crippen LogP) is 5.48. The Morgan fingerprint density at radius 3 is 2.68 bits per heavy atom. The number of thioether (sulfide) groups is 1. The maximum atomic E-state index is 12.5. The first kappa shape index (κ1) is 23.2. The van der Waals surface area contributed by atoms with Crippen LogP contribution in [0.2, 0.25) is 10.0 Å². The van der Waals surface area contributed by atoms with Gasteiger partial charge in [0.2, 0.25) is 5.91 Å². The Labute approximate surface area is 195 Å². The predicted molar refractivity (Wildman–Crippen MR) is 124 cm³/mol. The Morgan fingerprint density at radius 1 is 1.19 bits per heavy atom. The lowest BCUT2D eigenvalue weighted by atomic mass is 10.3. The van der Waals surface area contributed by atoms with Gasteiger partial charge < -0.3 is 19.4 Å². The number of carbonyl (C=O) groups is 1. The molecule has 0 saturated heterocycles. The third-order valence-electron chi connectivity index (χ3n) is 4.33. The summed E-state index contributed by atoms with van der Waals surface area (Å²) in [5.41, 5.74) is 0.514. The SMILES string of the molecule is CCn1c(SCC(=O)Nc2cc(Cl)ccc2OC)nnc1[C@H](C)Oc1ccccc1Cl. The first-order chi connectivity index (χ1) is 14.9. The van der Waals surface area contributed by atoms with Crippen molar-refractivity contribution < 1.29 is 14.3 Å². The lowest BCUT2D eigenvalue weighted by molar-refractivity contribution is -0.113. The highest BCUT2D eigenvalue weighted by atomic mass is 35.5. The van der Waals surface area contributed by atoms with Gasteiger partial charge in [-0.05, 0) is 44.2 Å². The van der Waals surface area contributed by atoms with Gasteiger partial charge in [0.25, 0.3) is 0 Å². The zero-order valence-electron chi connectivity index (χ0n) is 17.3. The molecule has 0 unspecified atom stereocenters. The van der Waals surface area contributed by atoms with E-state index in [9.17, 15) is 4.79 Å². The van der Waals surface area contributed by atoms with Crippen molar-refractivity contribution in [2.75, 3.05) is 18.2 Å². The van der Waals surface area contributed by atoms with Gasteiger partial charge in [0, 0.05) is 11.6 Å². The summed E-state index contributed by atoms with van der Waals surface area (Å²) in [4.78, 5) is 12.5. The van der Waals surface area contributed by atoms with E-state index in [1.165, 1.54) is 18.9 Å². The average Bonchev–Trinajstić information content (AvgIpc) is 3.17. The van der Waals surface area contributed by atoms with Gasteiger partial charge in [-0.15, -0.1) is 10.2 Å². The van der Waals surface area contributed by atoms with E-state index in [1.54, 1.807) is 30.3 Å². The van der Waals surface area contributed by atoms with Crippen LogP contribution in [0.5, 0.6) is 11.5 Å². The highest BCUT2D eigenvalue weighted by Gasteiger charge is 2.20. The summed E-state index contributed by atoms with van der Waals surface area (Å²) >= 11 is 13.5. The lowest BCUT2D eigenvalue weighted by Crippen LogP contribution is -2.16. The minimum atomic E-state index is -0.369. The average molecular weight is 481 g/mol. The summed E-state index contributed by atoms with van der Waals surface area (Å²) in [5.74, 6) is 1.70. The molecule has 164 valence electrons. The molecule has 0 bridgehead atoms. The maximum Gasteiger partial charge on any atom is 0.234 e. The Kier molecular flexibility index (Phi) is 8.06. The monoisotopic (exact) mass is 480 g/mol. The molecule has 1 aromatic heterocycles. The largest absolute Gasteiger partial charge is 0.495 e. The van der Waals surface area contributed by atoms with Gasteiger partial charge in [-0.25, -0.2) is 0 Å². The smallest absolute Gasteiger partial charge is 0.234 e. The van der Waals surface area contributed by atoms with E-state index in [1.807, 2.05) is 30.5 Å². The number of hydrogen-bond donors (Lipinski definition) is 1. The zero-order valence-corrected chi connectivity index (χ0v) is 19.6. The number of ether oxygens (including phenoxy) is 2. The fourth-order valence-electron chi connectivity index (χ4n) is 2.88. The molecule has 0 radical (unpaired) electrons. The number of benzene rings is 2. The number of hydrogen-bond acceptors (Lipinski definition) is 6. The van der Waals surface area contributed by atoms with Crippen LogP contribution in [0.4, 0.5) is 5.69 Å². The summed E-state index contributed by atoms with van der Waals surface area (Å²) in [6, 6.07) is 12.3. The molecule has 0 aliphatic heterocycles. The minimum Gasteiger partial charge on any atom is -0.495 e. The highest BCUT2D eigenvalue weighted by molar-refractivity contribution is 7.99. The van der Waals surface area contributed by atoms with Crippen molar-refractivity contribution in [1.29, 1.82) is 0 Å². The molecule has 3 aromatic rings. The summed E-state index contributed by atoms with van der Waals surface area (Å²) in [5, 5.41) is 13.0. The molecular formula is C21H22Cl2N4O3S. The number of rotatable bonds is 9. The molecule has 0 aliphatic carbocycles. The van der Waals surface area contributed by atoms with Crippen LogP contribution in [0.25, 0.3) is 0 Å². The van der Waals surface area contributed by atoms with Gasteiger partial charge in [0.15, 0.2) is 17.1 Å². The molecule has 0 fully saturated rings. The number of carbonyl (C=O) groups excluding carboxylic acids is 1. The Bertz CT molecular complexity index is 1060. The van der Waals surface area contributed by atoms with Crippen molar-refractivity contribution in [2.24, 2.45) is 0 Å². The van der Waals surface area contributed by atoms with Crippen molar-refractivity contribution in [3.63, 3.8) is 0 Å². The summed E-state index contributed by atoms with van der Waals surface area (Å²) in [6.07, 6.45) is -0.369. The third-order valence-corrected chi connectivity index (χ3v) is 5.85. The van der Waals surface area contributed by atoms with Crippen molar-refractivity contribution >= 4 is 46.6 Å². The van der Waals surface area contributed by atoms with E-state index in [-0.39, 0.29) is 17.8 Å². The number of amides is 1. The quantitative estimate of drug-likeness (QED) is 0.408. The molecule has 1 amide bonds. The Balaban J connectivity index is 1.66. The van der Waals surface area contributed by atoms with Gasteiger partial charge >= 0.3 is 0 Å². The summed E-state index contributed by atoms with van der Waals surface area (Å²) in [6.45, 7) is 4.49. The van der Waals surface area contributed by atoms with Crippen molar-refractivity contribution in [3.8, 4) is 11.5 Å². The molecule has 7 nitrogen and oxygen atoms in total. The van der Waals surface area contributed by atoms with Crippen LogP contribution >= 0.6 is 35.0 Å². The zero-order chi connectivity index (χ0) is 22.4. The van der Waals surface area contributed by atoms with E-state index in [2.05, 4.69) is 15.5 Å². The summed E-state index contributed by atoms with van der Waals surface area (Å²) in [7, 11) is 1.53. The third kappa shape index (κ3) is 5.84. The van der Waals surface area contributed by atoms with Crippen molar-refractivity contribution in [2.45, 2.75) is 31.7 Å². The van der Waals surface area contributed by atoms with Crippen LogP contribution in [0.3, 0.4) is 0 Å². The van der Waals surface area contributed by atoms with Gasteiger partial charge in [-0.2, -0.15) is 0 Å². The second-order valence-corrected chi connectivity index (χ2v) is 8.24. The second-order valence-electron chi connectivity index (χ2n) is 6.46. The fraction of sp³-hybridized carbons (Fsp3) is 0.286. The molecule has 0 aliphatic rings. The second kappa shape index (κ2) is 10.7. The Hall–Kier alpha value is -2.42. The maximum absolute atomic E-state index is 12.5. The standard InChI is InChI=1S/C21H22Cl2N4O3S/c1-4-27-20(13(2)30-17-8-6-5-7-15(17)23)25-26-21(27)31-12-19(28)24-16-11-14(22)9-10-18(16)29-3/h5-11,13H,4,12H2,1-3H3,(H,24,28)/t13-/m0/s1. The number of halogens is 2. The van der Waals surface area contributed by atoms with E-state index in [0.717, 1.165) is 0 Å². The van der Waals surface area contributed by atoms with Crippen molar-refractivity contribution in [1.82, 2.24) is 14.8 Å². The van der Waals surface area contributed by atoms with E-state index in [4.69, 9.17) is 32.7 Å². The minimum absolute atomic E-state index is 0.146. The molecule has 2 aromatic carbocycles. The number of anilines is 1. The number of para-hydroxylation sites is 1. The van der Waals surface area contributed by atoms with Gasteiger partial charge in [-0.3, -0.25) is 4.79 Å².